The molecule has 58 heavy (non-hydrogen) atoms. The molecule has 3 amide bonds. The van der Waals surface area contributed by atoms with Crippen LogP contribution in [0.2, 0.25) is 0 Å². The number of para-hydroxylation sites is 1. The number of likely N-dealkylation sites (N-methyl/N-ethyl adjacent to an activating group) is 1. The van der Waals surface area contributed by atoms with E-state index in [4.69, 9.17) is 4.98 Å². The predicted octanol–water partition coefficient (Wildman–Crippen LogP) is 3.68. The minimum atomic E-state index is -0.696. The number of halogens is 1. The molecular weight excluding hydrogens is 738 g/mol. The fourth-order valence-corrected chi connectivity index (χ4v) is 10.4. The number of aromatic nitrogens is 4. The van der Waals surface area contributed by atoms with Crippen molar-refractivity contribution in [2.24, 2.45) is 7.05 Å². The Kier molecular flexibility index (Phi) is 8.90. The van der Waals surface area contributed by atoms with Crippen LogP contribution in [-0.2, 0) is 41.3 Å². The molecule has 0 radical (unpaired) electrons. The number of hydrogen-bond donors (Lipinski definition) is 3. The fraction of sp³-hybridized carbons (Fsp3) is 0.432. The molecule has 300 valence electrons. The molecule has 4 aliphatic heterocycles. The predicted molar refractivity (Wildman–Crippen MR) is 219 cm³/mol. The monoisotopic (exact) mass is 785 g/mol. The fourth-order valence-electron chi connectivity index (χ4n) is 10.4. The smallest absolute Gasteiger partial charge is 0.329 e. The van der Waals surface area contributed by atoms with Gasteiger partial charge in [-0.05, 0) is 99.1 Å². The summed E-state index contributed by atoms with van der Waals surface area (Å²) < 4.78 is 19.1. The Morgan fingerprint density at radius 1 is 0.931 bits per heavy atom. The number of imidazole rings is 1. The highest BCUT2D eigenvalue weighted by atomic mass is 19.1. The number of piperazine rings is 1. The molecule has 5 aromatic rings. The number of H-pyrrole nitrogens is 1. The molecule has 1 spiro atoms. The Morgan fingerprint density at radius 2 is 1.76 bits per heavy atom. The molecule has 14 heteroatoms. The molecule has 1 atom stereocenters. The van der Waals surface area contributed by atoms with E-state index in [0.29, 0.717) is 24.2 Å². The number of piperidine rings is 1. The first-order valence-electron chi connectivity index (χ1n) is 20.6. The number of aryl methyl sites for hydroxylation is 3. The lowest BCUT2D eigenvalue weighted by Crippen LogP contribution is -2.65. The van der Waals surface area contributed by atoms with E-state index in [0.717, 1.165) is 134 Å². The van der Waals surface area contributed by atoms with Gasteiger partial charge in [-0.2, -0.15) is 0 Å². The van der Waals surface area contributed by atoms with Crippen molar-refractivity contribution in [1.82, 2.24) is 39.5 Å². The van der Waals surface area contributed by atoms with E-state index in [1.165, 1.54) is 0 Å². The molecule has 3 saturated heterocycles. The minimum absolute atomic E-state index is 0.00521. The number of nitrogens with zero attached hydrogens (tertiary/aromatic N) is 6. The first-order valence-corrected chi connectivity index (χ1v) is 20.6. The number of rotatable bonds is 8. The van der Waals surface area contributed by atoms with Crippen LogP contribution in [0.3, 0.4) is 0 Å². The normalized spacial score (nSPS) is 20.4. The van der Waals surface area contributed by atoms with Gasteiger partial charge in [-0.1, -0.05) is 12.1 Å². The largest absolute Gasteiger partial charge is 0.369 e. The second-order valence-corrected chi connectivity index (χ2v) is 17.0. The number of aromatic amines is 1. The van der Waals surface area contributed by atoms with Crippen molar-refractivity contribution in [3.63, 3.8) is 0 Å². The number of nitrogens with one attached hydrogen (secondary N) is 3. The summed E-state index contributed by atoms with van der Waals surface area (Å²) in [5.74, 6) is -1.04. The van der Waals surface area contributed by atoms with Crippen LogP contribution in [-0.4, -0.2) is 106 Å². The standard InChI is InChI=1S/C44H48FN9O4/c1-50-24-44(25-50)23-47-42(57)37-30-11-9-27-22-46-33(21-31(27)38(30)49-40(37)44)29-12-10-28(20-32(29)45)53-18-16-52(17-19-53)15-4-3-6-26-7-5-8-34-39(26)51(2)43(58)54(34)35-13-14-36(55)48-41(35)56/h5,7-8,10,12,20-22,35,49H,3-4,6,9,11,13-19,23-25H2,1-2H3,(H,47,57)(H,48,55,56). The molecule has 13 nitrogen and oxygen atoms in total. The zero-order chi connectivity index (χ0) is 39.9. The van der Waals surface area contributed by atoms with Crippen LogP contribution in [0.1, 0.15) is 64.5 Å². The molecule has 7 heterocycles. The van der Waals surface area contributed by atoms with Crippen LogP contribution in [0.15, 0.2) is 53.5 Å². The van der Waals surface area contributed by atoms with Crippen LogP contribution in [0, 0.1) is 5.82 Å². The third-order valence-electron chi connectivity index (χ3n) is 13.3. The summed E-state index contributed by atoms with van der Waals surface area (Å²) in [7, 11) is 3.85. The number of anilines is 1. The van der Waals surface area contributed by atoms with Crippen LogP contribution in [0.25, 0.3) is 33.5 Å². The van der Waals surface area contributed by atoms with E-state index < -0.39 is 11.9 Å². The van der Waals surface area contributed by atoms with Gasteiger partial charge in [0.1, 0.15) is 11.9 Å². The van der Waals surface area contributed by atoms with Crippen LogP contribution in [0.5, 0.6) is 0 Å². The number of imide groups is 1. The summed E-state index contributed by atoms with van der Waals surface area (Å²) in [6.07, 6.45) is 6.70. The van der Waals surface area contributed by atoms with Crippen LogP contribution in [0.4, 0.5) is 10.1 Å². The second-order valence-electron chi connectivity index (χ2n) is 17.0. The van der Waals surface area contributed by atoms with Gasteiger partial charge in [-0.3, -0.25) is 38.7 Å². The van der Waals surface area contributed by atoms with Crippen molar-refractivity contribution in [2.75, 3.05) is 64.3 Å². The lowest BCUT2D eigenvalue weighted by atomic mass is 9.73. The molecule has 3 aromatic heterocycles. The molecule has 3 N–H and O–H groups in total. The summed E-state index contributed by atoms with van der Waals surface area (Å²) in [5.41, 5.74) is 10.2. The highest BCUT2D eigenvalue weighted by molar-refractivity contribution is 6.02. The van der Waals surface area contributed by atoms with E-state index in [1.807, 2.05) is 36.5 Å². The van der Waals surface area contributed by atoms with E-state index >= 15 is 4.39 Å². The Hall–Kier alpha value is -5.60. The molecule has 3 fully saturated rings. The van der Waals surface area contributed by atoms with E-state index in [-0.39, 0.29) is 35.2 Å². The lowest BCUT2D eigenvalue weighted by Gasteiger charge is -2.50. The molecule has 10 rings (SSSR count). The van der Waals surface area contributed by atoms with E-state index in [9.17, 15) is 19.2 Å². The summed E-state index contributed by atoms with van der Waals surface area (Å²) in [6, 6.07) is 12.6. The van der Waals surface area contributed by atoms with E-state index in [2.05, 4.69) is 43.4 Å². The zero-order valence-electron chi connectivity index (χ0n) is 33.0. The second kappa shape index (κ2) is 14.0. The zero-order valence-corrected chi connectivity index (χ0v) is 33.0. The van der Waals surface area contributed by atoms with Gasteiger partial charge in [0.25, 0.3) is 5.91 Å². The molecule has 0 bridgehead atoms. The van der Waals surface area contributed by atoms with Crippen LogP contribution >= 0.6 is 0 Å². The number of amides is 3. The maximum absolute atomic E-state index is 15.9. The number of unbranched alkanes of at least 4 members (excludes halogenated alkanes) is 1. The molecule has 5 aliphatic rings. The maximum atomic E-state index is 15.9. The number of benzene rings is 2. The number of likely N-dealkylation sites (tertiary alicyclic amines) is 1. The molecule has 2 aromatic carbocycles. The summed E-state index contributed by atoms with van der Waals surface area (Å²) in [6.45, 7) is 6.76. The third-order valence-corrected chi connectivity index (χ3v) is 13.3. The Balaban J connectivity index is 0.772. The van der Waals surface area contributed by atoms with Gasteiger partial charge in [0.2, 0.25) is 11.8 Å². The van der Waals surface area contributed by atoms with Gasteiger partial charge in [0.15, 0.2) is 0 Å². The number of carbonyl (C=O) groups excluding carboxylic acids is 3. The highest BCUT2D eigenvalue weighted by Crippen LogP contribution is 2.45. The number of fused-ring (bicyclic) bond motifs is 7. The average molecular weight is 786 g/mol. The lowest BCUT2D eigenvalue weighted by molar-refractivity contribution is -0.135. The molecular formula is C44H48FN9O4. The first-order chi connectivity index (χ1) is 28.1. The number of carbonyl (C=O) groups is 3. The van der Waals surface area contributed by atoms with Gasteiger partial charge < -0.3 is 20.1 Å². The topological polar surface area (TPSA) is 141 Å². The van der Waals surface area contributed by atoms with Gasteiger partial charge in [0, 0.05) is 88.0 Å². The van der Waals surface area contributed by atoms with Gasteiger partial charge in [0.05, 0.1) is 33.4 Å². The van der Waals surface area contributed by atoms with Crippen molar-refractivity contribution < 1.29 is 18.8 Å². The minimum Gasteiger partial charge on any atom is -0.369 e. The maximum Gasteiger partial charge on any atom is 0.329 e. The molecule has 1 aliphatic carbocycles. The quantitative estimate of drug-likeness (QED) is 0.160. The van der Waals surface area contributed by atoms with Crippen molar-refractivity contribution in [3.8, 4) is 22.5 Å². The Morgan fingerprint density at radius 3 is 2.53 bits per heavy atom. The highest BCUT2D eigenvalue weighted by Gasteiger charge is 2.50. The molecule has 1 unspecified atom stereocenters. The van der Waals surface area contributed by atoms with Crippen LogP contribution < -0.4 is 21.2 Å². The SMILES string of the molecule is CN1CC2(CNC(=O)c3c2[nH]c2c3CCc3cnc(-c4ccc(N5CCN(CCCCc6cccc7c6n(C)c(=O)n7C6CCC(=O)NC6=O)CC5)cc4F)cc3-2)C1. The van der Waals surface area contributed by atoms with Crippen molar-refractivity contribution in [2.45, 2.75) is 56.4 Å². The summed E-state index contributed by atoms with van der Waals surface area (Å²) in [4.78, 5) is 66.2. The van der Waals surface area contributed by atoms with Crippen molar-refractivity contribution in [1.29, 1.82) is 0 Å². The average Bonchev–Trinajstić information content (AvgIpc) is 3.74. The number of pyridine rings is 1. The summed E-state index contributed by atoms with van der Waals surface area (Å²) in [5, 5.41) is 5.53. The Labute approximate surface area is 335 Å². The van der Waals surface area contributed by atoms with Gasteiger partial charge >= 0.3 is 5.69 Å². The number of hydrogen-bond acceptors (Lipinski definition) is 8. The van der Waals surface area contributed by atoms with Gasteiger partial charge in [-0.15, -0.1) is 0 Å². The van der Waals surface area contributed by atoms with E-state index in [1.54, 1.807) is 22.2 Å². The first kappa shape index (κ1) is 36.7. The third kappa shape index (κ3) is 5.98. The molecule has 0 saturated carbocycles. The Bertz CT molecular complexity index is 2570. The van der Waals surface area contributed by atoms with Crippen molar-refractivity contribution >= 4 is 34.4 Å². The van der Waals surface area contributed by atoms with Gasteiger partial charge in [-0.25, -0.2) is 9.18 Å². The summed E-state index contributed by atoms with van der Waals surface area (Å²) >= 11 is 0. The van der Waals surface area contributed by atoms with Crippen molar-refractivity contribution in [3.05, 3.63) is 92.9 Å².